The Balaban J connectivity index is 2.22. The van der Waals surface area contributed by atoms with Crippen LogP contribution in [0.4, 0.5) is 0 Å². The summed E-state index contributed by atoms with van der Waals surface area (Å²) in [5, 5.41) is 10.5. The van der Waals surface area contributed by atoms with E-state index in [0.717, 1.165) is 7.11 Å². The Kier molecular flexibility index (Phi) is 3.54. The molecule has 0 saturated heterocycles. The Labute approximate surface area is 173 Å². The first-order valence-electron chi connectivity index (χ1n) is 14.0. The van der Waals surface area contributed by atoms with Gasteiger partial charge in [0.15, 0.2) is 11.5 Å². The van der Waals surface area contributed by atoms with Crippen LogP contribution in [-0.2, 0) is 6.42 Å². The molecule has 0 fully saturated rings. The van der Waals surface area contributed by atoms with Crippen LogP contribution in [-0.4, -0.2) is 31.9 Å². The minimum atomic E-state index is -2.97. The lowest BCUT2D eigenvalue weighted by atomic mass is 10.0. The van der Waals surface area contributed by atoms with Gasteiger partial charge in [0.25, 0.3) is 0 Å². The van der Waals surface area contributed by atoms with E-state index in [0.29, 0.717) is 11.1 Å². The maximum absolute atomic E-state index is 10.5. The molecule has 1 atom stereocenters. The molecule has 4 heteroatoms. The normalized spacial score (nSPS) is 20.8. The van der Waals surface area contributed by atoms with Crippen molar-refractivity contribution in [1.82, 2.24) is 0 Å². The Bertz CT molecular complexity index is 1170. The zero-order valence-corrected chi connectivity index (χ0v) is 15.0. The van der Waals surface area contributed by atoms with Crippen molar-refractivity contribution in [1.29, 1.82) is 0 Å². The first-order valence-corrected chi connectivity index (χ1v) is 8.00. The molecule has 2 aromatic rings. The van der Waals surface area contributed by atoms with E-state index in [1.807, 2.05) is 0 Å². The fraction of sp³-hybridized carbons (Fsp3) is 0.455. The van der Waals surface area contributed by atoms with Gasteiger partial charge in [-0.2, -0.15) is 0 Å². The lowest BCUT2D eigenvalue weighted by Gasteiger charge is -2.13. The first kappa shape index (κ1) is 9.14. The molecule has 0 aromatic heterocycles. The van der Waals surface area contributed by atoms with Gasteiger partial charge in [-0.05, 0) is 73.9 Å². The van der Waals surface area contributed by atoms with Crippen molar-refractivity contribution in [3.05, 3.63) is 52.9 Å². The van der Waals surface area contributed by atoms with E-state index in [4.69, 9.17) is 30.7 Å². The van der Waals surface area contributed by atoms with Crippen molar-refractivity contribution >= 4 is 0 Å². The Hall–Kier alpha value is -2.20. The van der Waals surface area contributed by atoms with Crippen LogP contribution in [0.15, 0.2) is 36.3 Å². The van der Waals surface area contributed by atoms with Crippen LogP contribution in [0.2, 0.25) is 0 Å². The van der Waals surface area contributed by atoms with E-state index in [1.54, 1.807) is 13.8 Å². The first-order chi connectivity index (χ1) is 17.2. The van der Waals surface area contributed by atoms with Gasteiger partial charge in [-0.3, -0.25) is 0 Å². The highest BCUT2D eigenvalue weighted by molar-refractivity contribution is 5.42. The van der Waals surface area contributed by atoms with E-state index in [1.165, 1.54) is 0 Å². The number of aliphatic hydroxyl groups is 1. The molecule has 2 aromatic carbocycles. The van der Waals surface area contributed by atoms with Crippen molar-refractivity contribution in [2.24, 2.45) is 0 Å². The maximum atomic E-state index is 10.5. The summed E-state index contributed by atoms with van der Waals surface area (Å²) in [5.41, 5.74) is 0.618. The van der Waals surface area contributed by atoms with Crippen LogP contribution in [0.3, 0.4) is 0 Å². The van der Waals surface area contributed by atoms with Gasteiger partial charge in [0.2, 0.25) is 0 Å². The highest BCUT2D eigenvalue weighted by Crippen LogP contribution is 2.28. The van der Waals surface area contributed by atoms with Crippen LogP contribution in [0.5, 0.6) is 17.2 Å². The second kappa shape index (κ2) is 10.1. The van der Waals surface area contributed by atoms with Gasteiger partial charge in [0, 0.05) is 2.74 Å². The smallest absolute Gasteiger partial charge is 0.160 e. The average Bonchev–Trinajstić information content (AvgIpc) is 2.81. The molecule has 1 unspecified atom stereocenters. The number of methoxy groups -OCH3 is 2. The molecule has 2 rings (SSSR count). The van der Waals surface area contributed by atoms with E-state index < -0.39 is 75.0 Å². The van der Waals surface area contributed by atoms with Gasteiger partial charge >= 0.3 is 0 Å². The molecule has 0 heterocycles. The molecule has 0 aliphatic rings. The largest absolute Gasteiger partial charge is 0.493 e. The SMILES string of the molecule is [2H]c1c([2H])c(OCC([2H])(O)CCC([2H])([2H])Cc2c([2H])c([2H])c(OC([2H])([2H])[2H])c(OC)c2[2H])c([2H])c(C)c1C. The van der Waals surface area contributed by atoms with E-state index in [-0.39, 0.29) is 29.4 Å². The van der Waals surface area contributed by atoms with Crippen molar-refractivity contribution in [3.63, 3.8) is 0 Å². The quantitative estimate of drug-likeness (QED) is 0.670. The van der Waals surface area contributed by atoms with Crippen LogP contribution < -0.4 is 14.2 Å². The fourth-order valence-electron chi connectivity index (χ4n) is 2.00. The zero-order valence-electron chi connectivity index (χ0n) is 27.0. The molecule has 0 saturated carbocycles. The monoisotopic (exact) mass is 370 g/mol. The van der Waals surface area contributed by atoms with E-state index in [9.17, 15) is 5.11 Å². The van der Waals surface area contributed by atoms with Crippen LogP contribution in [0.1, 0.15) is 52.4 Å². The summed E-state index contributed by atoms with van der Waals surface area (Å²) in [4.78, 5) is 0. The summed E-state index contributed by atoms with van der Waals surface area (Å²) < 4.78 is 110. The lowest BCUT2D eigenvalue weighted by molar-refractivity contribution is 0.0976. The van der Waals surface area contributed by atoms with E-state index >= 15 is 0 Å². The van der Waals surface area contributed by atoms with Gasteiger partial charge in [0.1, 0.15) is 12.4 Å². The van der Waals surface area contributed by atoms with Gasteiger partial charge in [-0.25, -0.2) is 0 Å². The van der Waals surface area contributed by atoms with Crippen molar-refractivity contribution < 1.29 is 35.8 Å². The minimum Gasteiger partial charge on any atom is -0.493 e. The predicted octanol–water partition coefficient (Wildman–Crippen LogP) is 4.47. The third kappa shape index (κ3) is 5.95. The minimum absolute atomic E-state index is 0.143. The molecule has 0 aliphatic carbocycles. The van der Waals surface area contributed by atoms with Gasteiger partial charge in [-0.1, -0.05) is 18.5 Å². The van der Waals surface area contributed by atoms with Crippen LogP contribution >= 0.6 is 0 Å². The molecular weight excluding hydrogens is 328 g/mol. The van der Waals surface area contributed by atoms with Crippen molar-refractivity contribution in [2.45, 2.75) is 45.6 Å². The van der Waals surface area contributed by atoms with E-state index in [2.05, 4.69) is 0 Å². The Morgan fingerprint density at radius 2 is 2.00 bits per heavy atom. The van der Waals surface area contributed by atoms with Crippen LogP contribution in [0.25, 0.3) is 0 Å². The van der Waals surface area contributed by atoms with Gasteiger partial charge in [0.05, 0.1) is 33.9 Å². The standard InChI is InChI=1S/C22H30O4/c1-16-9-11-20(13-17(16)2)26-15-19(23)8-6-5-7-18-10-12-21(24-3)22(14-18)25-4/h9-14,19,23H,5-8,15H2,1-4H3/i3D3,5D2,9D,10D,11D,12D,13D,14D,19D. The lowest BCUT2D eigenvalue weighted by Crippen LogP contribution is -2.17. The number of hydrogen-bond donors (Lipinski definition) is 1. The summed E-state index contributed by atoms with van der Waals surface area (Å²) >= 11 is 0. The fourth-order valence-corrected chi connectivity index (χ4v) is 2.00. The zero-order chi connectivity index (χ0) is 29.4. The second-order valence-electron chi connectivity index (χ2n) is 5.55. The average molecular weight is 371 g/mol. The molecular formula is C22H30O4. The summed E-state index contributed by atoms with van der Waals surface area (Å²) in [6.45, 7) is 2.48. The highest BCUT2D eigenvalue weighted by atomic mass is 16.5. The predicted molar refractivity (Wildman–Crippen MR) is 105 cm³/mol. The summed E-state index contributed by atoms with van der Waals surface area (Å²) in [6, 6.07) is -2.48. The molecule has 0 amide bonds. The number of ether oxygens (including phenoxy) is 3. The highest BCUT2D eigenvalue weighted by Gasteiger charge is 2.07. The molecule has 0 aliphatic heterocycles. The topological polar surface area (TPSA) is 47.9 Å². The molecule has 26 heavy (non-hydrogen) atoms. The number of rotatable bonds is 10. The number of benzene rings is 2. The second-order valence-corrected chi connectivity index (χ2v) is 5.55. The van der Waals surface area contributed by atoms with Crippen LogP contribution in [0, 0.1) is 13.8 Å². The third-order valence-corrected chi connectivity index (χ3v) is 3.61. The maximum Gasteiger partial charge on any atom is 0.160 e. The molecule has 0 bridgehead atoms. The molecule has 0 radical (unpaired) electrons. The van der Waals surface area contributed by atoms with Crippen molar-refractivity contribution in [2.75, 3.05) is 20.8 Å². The molecule has 4 nitrogen and oxygen atoms in total. The molecule has 1 N–H and O–H groups in total. The van der Waals surface area contributed by atoms with Crippen molar-refractivity contribution in [3.8, 4) is 17.2 Å². The number of hydrogen-bond acceptors (Lipinski definition) is 4. The Morgan fingerprint density at radius 3 is 2.77 bits per heavy atom. The van der Waals surface area contributed by atoms with Gasteiger partial charge < -0.3 is 19.3 Å². The molecule has 142 valence electrons. The Morgan fingerprint density at radius 1 is 1.15 bits per heavy atom. The summed E-state index contributed by atoms with van der Waals surface area (Å²) in [5.74, 6) is -1.33. The summed E-state index contributed by atoms with van der Waals surface area (Å²) in [7, 11) is -1.86. The molecule has 0 spiro atoms. The van der Waals surface area contributed by atoms with Gasteiger partial charge in [-0.15, -0.1) is 0 Å². The summed E-state index contributed by atoms with van der Waals surface area (Å²) in [6.07, 6.45) is -6.00. The third-order valence-electron chi connectivity index (χ3n) is 3.61.